The molecule has 94 valence electrons. The van der Waals surface area contributed by atoms with E-state index in [0.29, 0.717) is 18.3 Å². The van der Waals surface area contributed by atoms with Gasteiger partial charge in [0.15, 0.2) is 0 Å². The summed E-state index contributed by atoms with van der Waals surface area (Å²) in [6.45, 7) is 4.41. The highest BCUT2D eigenvalue weighted by Gasteiger charge is 2.23. The summed E-state index contributed by atoms with van der Waals surface area (Å²) >= 11 is 1.99. The van der Waals surface area contributed by atoms with Crippen molar-refractivity contribution in [3.05, 3.63) is 29.8 Å². The van der Waals surface area contributed by atoms with Gasteiger partial charge in [-0.2, -0.15) is 0 Å². The predicted octanol–water partition coefficient (Wildman–Crippen LogP) is 0.923. The molecule has 0 aromatic heterocycles. The molecule has 0 spiro atoms. The van der Waals surface area contributed by atoms with Crippen molar-refractivity contribution in [3.8, 4) is 0 Å². The van der Waals surface area contributed by atoms with Crippen LogP contribution in [0.15, 0.2) is 29.2 Å². The van der Waals surface area contributed by atoms with Gasteiger partial charge in [0.25, 0.3) is 0 Å². The highest BCUT2D eigenvalue weighted by molar-refractivity contribution is 8.00. The zero-order valence-corrected chi connectivity index (χ0v) is 11.0. The van der Waals surface area contributed by atoms with Gasteiger partial charge in [-0.3, -0.25) is 4.90 Å². The molecule has 1 aromatic rings. The lowest BCUT2D eigenvalue weighted by molar-refractivity contribution is 0.290. The number of benzene rings is 1. The molecule has 3 nitrogen and oxygen atoms in total. The third-order valence-electron chi connectivity index (χ3n) is 3.07. The van der Waals surface area contributed by atoms with Crippen LogP contribution in [0.2, 0.25) is 0 Å². The van der Waals surface area contributed by atoms with Crippen LogP contribution in [0.5, 0.6) is 0 Å². The van der Waals surface area contributed by atoms with E-state index in [2.05, 4.69) is 29.2 Å². The molecular formula is C13H21N3S. The van der Waals surface area contributed by atoms with Crippen molar-refractivity contribution in [1.29, 1.82) is 0 Å². The first-order valence-corrected chi connectivity index (χ1v) is 7.08. The topological polar surface area (TPSA) is 55.3 Å². The normalized spacial score (nSPS) is 18.6. The van der Waals surface area contributed by atoms with Crippen molar-refractivity contribution in [1.82, 2.24) is 4.90 Å². The van der Waals surface area contributed by atoms with Crippen molar-refractivity contribution in [2.75, 3.05) is 32.7 Å². The fourth-order valence-corrected chi connectivity index (χ4v) is 3.67. The molecule has 0 saturated heterocycles. The largest absolute Gasteiger partial charge is 0.329 e. The molecule has 2 rings (SSSR count). The zero-order chi connectivity index (χ0) is 12.1. The van der Waals surface area contributed by atoms with Gasteiger partial charge in [-0.05, 0) is 18.1 Å². The van der Waals surface area contributed by atoms with Gasteiger partial charge in [0.1, 0.15) is 0 Å². The van der Waals surface area contributed by atoms with Crippen molar-refractivity contribution in [2.45, 2.75) is 16.6 Å². The summed E-state index contributed by atoms with van der Waals surface area (Å²) in [6.07, 6.45) is 1.17. The molecule has 1 aliphatic rings. The summed E-state index contributed by atoms with van der Waals surface area (Å²) in [6, 6.07) is 8.69. The molecule has 17 heavy (non-hydrogen) atoms. The van der Waals surface area contributed by atoms with Crippen molar-refractivity contribution >= 4 is 11.8 Å². The first-order valence-electron chi connectivity index (χ1n) is 6.20. The van der Waals surface area contributed by atoms with Crippen LogP contribution in [-0.4, -0.2) is 42.9 Å². The van der Waals surface area contributed by atoms with Gasteiger partial charge in [0, 0.05) is 42.9 Å². The summed E-state index contributed by atoms with van der Waals surface area (Å²) in [7, 11) is 0. The molecule has 0 bridgehead atoms. The van der Waals surface area contributed by atoms with Gasteiger partial charge < -0.3 is 11.5 Å². The lowest BCUT2D eigenvalue weighted by atomic mass is 10.1. The van der Waals surface area contributed by atoms with Gasteiger partial charge in [-0.15, -0.1) is 11.8 Å². The van der Waals surface area contributed by atoms with Crippen LogP contribution >= 0.6 is 11.8 Å². The van der Waals surface area contributed by atoms with Gasteiger partial charge in [-0.1, -0.05) is 18.2 Å². The van der Waals surface area contributed by atoms with Crippen LogP contribution in [-0.2, 0) is 6.42 Å². The standard InChI is InChI=1S/C13H21N3S/c14-5-7-16(8-6-15)10-12-9-11-3-1-2-4-13(11)17-12/h1-4,12H,5-10,14-15H2. The van der Waals surface area contributed by atoms with Crippen LogP contribution in [0.3, 0.4) is 0 Å². The van der Waals surface area contributed by atoms with E-state index in [0.717, 1.165) is 19.6 Å². The molecule has 1 unspecified atom stereocenters. The van der Waals surface area contributed by atoms with Crippen LogP contribution in [0.25, 0.3) is 0 Å². The minimum absolute atomic E-state index is 0.658. The number of hydrogen-bond donors (Lipinski definition) is 2. The van der Waals surface area contributed by atoms with Crippen molar-refractivity contribution in [2.24, 2.45) is 11.5 Å². The summed E-state index contributed by atoms with van der Waals surface area (Å²) < 4.78 is 0. The number of thioether (sulfide) groups is 1. The van der Waals surface area contributed by atoms with Crippen LogP contribution in [0, 0.1) is 0 Å². The first-order chi connectivity index (χ1) is 8.33. The smallest absolute Gasteiger partial charge is 0.0263 e. The Morgan fingerprint density at radius 3 is 2.53 bits per heavy atom. The Balaban J connectivity index is 1.89. The minimum atomic E-state index is 0.658. The Morgan fingerprint density at radius 2 is 1.88 bits per heavy atom. The molecule has 0 aliphatic carbocycles. The molecule has 1 aliphatic heterocycles. The number of nitrogens with two attached hydrogens (primary N) is 2. The van der Waals surface area contributed by atoms with E-state index in [9.17, 15) is 0 Å². The minimum Gasteiger partial charge on any atom is -0.329 e. The van der Waals surface area contributed by atoms with E-state index in [-0.39, 0.29) is 0 Å². The monoisotopic (exact) mass is 251 g/mol. The Hall–Kier alpha value is -0.550. The average molecular weight is 251 g/mol. The molecule has 0 fully saturated rings. The van der Waals surface area contributed by atoms with E-state index in [4.69, 9.17) is 11.5 Å². The fraction of sp³-hybridized carbons (Fsp3) is 0.538. The summed E-state index contributed by atoms with van der Waals surface area (Å²) in [5.74, 6) is 0. The molecule has 4 N–H and O–H groups in total. The van der Waals surface area contributed by atoms with Gasteiger partial charge in [-0.25, -0.2) is 0 Å². The second-order valence-electron chi connectivity index (χ2n) is 4.43. The number of nitrogens with zero attached hydrogens (tertiary/aromatic N) is 1. The number of hydrogen-bond acceptors (Lipinski definition) is 4. The molecule has 1 atom stereocenters. The SMILES string of the molecule is NCCN(CCN)CC1Cc2ccccc2S1. The van der Waals surface area contributed by atoms with E-state index < -0.39 is 0 Å². The van der Waals surface area contributed by atoms with Gasteiger partial charge in [0.2, 0.25) is 0 Å². The summed E-state index contributed by atoms with van der Waals surface area (Å²) in [5.41, 5.74) is 12.7. The Kier molecular flexibility index (Phi) is 4.86. The molecule has 0 saturated carbocycles. The van der Waals surface area contributed by atoms with Crippen LogP contribution in [0.1, 0.15) is 5.56 Å². The second kappa shape index (κ2) is 6.40. The zero-order valence-electron chi connectivity index (χ0n) is 10.1. The fourth-order valence-electron chi connectivity index (χ4n) is 2.30. The van der Waals surface area contributed by atoms with Crippen molar-refractivity contribution < 1.29 is 0 Å². The number of fused-ring (bicyclic) bond motifs is 1. The average Bonchev–Trinajstić information content (AvgIpc) is 2.71. The quantitative estimate of drug-likeness (QED) is 0.789. The first kappa shape index (κ1) is 12.9. The van der Waals surface area contributed by atoms with Crippen LogP contribution in [0.4, 0.5) is 0 Å². The molecular weight excluding hydrogens is 230 g/mol. The highest BCUT2D eigenvalue weighted by Crippen LogP contribution is 2.36. The summed E-state index contributed by atoms with van der Waals surface area (Å²) in [4.78, 5) is 3.82. The Bertz CT molecular complexity index is 325. The molecule has 4 heteroatoms. The third-order valence-corrected chi connectivity index (χ3v) is 4.37. The lowest BCUT2D eigenvalue weighted by Crippen LogP contribution is -2.38. The van der Waals surface area contributed by atoms with E-state index in [1.165, 1.54) is 16.9 Å². The lowest BCUT2D eigenvalue weighted by Gasteiger charge is -2.23. The third kappa shape index (κ3) is 3.45. The van der Waals surface area contributed by atoms with E-state index in [1.54, 1.807) is 0 Å². The number of rotatable bonds is 6. The Labute approximate surface area is 108 Å². The van der Waals surface area contributed by atoms with Gasteiger partial charge >= 0.3 is 0 Å². The molecule has 1 aromatic carbocycles. The van der Waals surface area contributed by atoms with Crippen molar-refractivity contribution in [3.63, 3.8) is 0 Å². The van der Waals surface area contributed by atoms with E-state index >= 15 is 0 Å². The molecule has 0 radical (unpaired) electrons. The van der Waals surface area contributed by atoms with Gasteiger partial charge in [0.05, 0.1) is 0 Å². The summed E-state index contributed by atoms with van der Waals surface area (Å²) in [5, 5.41) is 0.658. The maximum atomic E-state index is 5.63. The molecule has 1 heterocycles. The predicted molar refractivity (Wildman–Crippen MR) is 74.3 cm³/mol. The van der Waals surface area contributed by atoms with E-state index in [1.807, 2.05) is 11.8 Å². The van der Waals surface area contributed by atoms with Crippen LogP contribution < -0.4 is 11.5 Å². The molecule has 0 amide bonds. The maximum Gasteiger partial charge on any atom is 0.0263 e. The second-order valence-corrected chi connectivity index (χ2v) is 5.77. The highest BCUT2D eigenvalue weighted by atomic mass is 32.2. The Morgan fingerprint density at radius 1 is 1.18 bits per heavy atom. The maximum absolute atomic E-state index is 5.63.